The summed E-state index contributed by atoms with van der Waals surface area (Å²) in [5.74, 6) is 0.566. The Morgan fingerprint density at radius 2 is 1.44 bits per heavy atom. The van der Waals surface area contributed by atoms with Crippen LogP contribution in [-0.2, 0) is 9.59 Å². The predicted octanol–water partition coefficient (Wildman–Crippen LogP) is 5.15. The van der Waals surface area contributed by atoms with Crippen LogP contribution >= 0.6 is 0 Å². The van der Waals surface area contributed by atoms with Crippen LogP contribution in [0, 0.1) is 23.7 Å². The fourth-order valence-electron chi connectivity index (χ4n) is 6.09. The second-order valence-corrected chi connectivity index (χ2v) is 9.55. The highest BCUT2D eigenvalue weighted by Gasteiger charge is 2.61. The average molecular weight is 452 g/mol. The van der Waals surface area contributed by atoms with Gasteiger partial charge < -0.3 is 4.74 Å². The van der Waals surface area contributed by atoms with Crippen LogP contribution in [0.5, 0.6) is 5.75 Å². The van der Waals surface area contributed by atoms with Crippen LogP contribution in [0.25, 0.3) is 11.1 Å². The van der Waals surface area contributed by atoms with Gasteiger partial charge in [-0.15, -0.1) is 0 Å². The molecule has 0 N–H and O–H groups in total. The number of rotatable bonds is 6. The molecule has 34 heavy (non-hydrogen) atoms. The first kappa shape index (κ1) is 20.8. The minimum atomic E-state index is -0.156. The number of anilines is 1. The molecule has 1 heterocycles. The van der Waals surface area contributed by atoms with Gasteiger partial charge in [-0.3, -0.25) is 14.4 Å². The third-order valence-electron chi connectivity index (χ3n) is 7.69. The Bertz CT molecular complexity index is 1240. The minimum absolute atomic E-state index is 0.0751. The number of nitrogens with zero attached hydrogens (tertiary/aromatic N) is 1. The standard InChI is InChI=1S/C29H25NO4/c31-25(20-11-9-19(10-12-20)18-5-2-1-3-6-18)17-34-24-8-4-7-23(16-24)30-28(32)26-21-13-14-22(15-21)27(26)29(30)33/h1-12,16,21-22,26-27H,13-15,17H2. The van der Waals surface area contributed by atoms with Crippen molar-refractivity contribution in [3.05, 3.63) is 84.4 Å². The van der Waals surface area contributed by atoms with E-state index in [9.17, 15) is 14.4 Å². The number of Topliss-reactive ketones (excluding diaryl/α,β-unsaturated/α-hetero) is 1. The van der Waals surface area contributed by atoms with Crippen molar-refractivity contribution in [3.8, 4) is 16.9 Å². The van der Waals surface area contributed by atoms with E-state index in [4.69, 9.17) is 4.74 Å². The van der Waals surface area contributed by atoms with Gasteiger partial charge in [-0.2, -0.15) is 0 Å². The lowest BCUT2D eigenvalue weighted by Crippen LogP contribution is -2.32. The molecule has 5 heteroatoms. The second kappa shape index (κ2) is 8.24. The van der Waals surface area contributed by atoms with E-state index in [2.05, 4.69) is 0 Å². The maximum absolute atomic E-state index is 13.1. The van der Waals surface area contributed by atoms with Crippen LogP contribution < -0.4 is 9.64 Å². The van der Waals surface area contributed by atoms with Gasteiger partial charge in [0, 0.05) is 11.6 Å². The molecule has 1 aliphatic heterocycles. The molecule has 2 bridgehead atoms. The smallest absolute Gasteiger partial charge is 0.237 e. The maximum Gasteiger partial charge on any atom is 0.237 e. The van der Waals surface area contributed by atoms with E-state index in [-0.39, 0.29) is 36.0 Å². The number of hydrogen-bond donors (Lipinski definition) is 0. The highest BCUT2D eigenvalue weighted by atomic mass is 16.5. The normalized spacial score (nSPS) is 25.0. The van der Waals surface area contributed by atoms with E-state index in [1.165, 1.54) is 4.90 Å². The molecule has 2 amide bonds. The molecule has 3 aromatic rings. The van der Waals surface area contributed by atoms with Gasteiger partial charge in [0.2, 0.25) is 11.8 Å². The number of imide groups is 1. The second-order valence-electron chi connectivity index (χ2n) is 9.55. The van der Waals surface area contributed by atoms with Gasteiger partial charge in [-0.1, -0.05) is 60.7 Å². The Hall–Kier alpha value is -3.73. The average Bonchev–Trinajstić information content (AvgIpc) is 3.57. The molecule has 0 aromatic heterocycles. The Balaban J connectivity index is 1.13. The topological polar surface area (TPSA) is 63.7 Å². The number of carbonyl (C=O) groups excluding carboxylic acids is 3. The van der Waals surface area contributed by atoms with Crippen molar-refractivity contribution in [2.24, 2.45) is 23.7 Å². The predicted molar refractivity (Wildman–Crippen MR) is 128 cm³/mol. The SMILES string of the molecule is O=C(COc1cccc(N2C(=O)C3C4CCC(C4)C3C2=O)c1)c1ccc(-c2ccccc2)cc1. The van der Waals surface area contributed by atoms with Crippen LogP contribution in [0.4, 0.5) is 5.69 Å². The van der Waals surface area contributed by atoms with Gasteiger partial charge in [0.15, 0.2) is 12.4 Å². The lowest BCUT2D eigenvalue weighted by Gasteiger charge is -2.19. The summed E-state index contributed by atoms with van der Waals surface area (Å²) in [6.45, 7) is -0.120. The van der Waals surface area contributed by atoms with Crippen LogP contribution in [-0.4, -0.2) is 24.2 Å². The monoisotopic (exact) mass is 451 g/mol. The fourth-order valence-corrected chi connectivity index (χ4v) is 6.09. The highest BCUT2D eigenvalue weighted by Crippen LogP contribution is 2.56. The molecule has 3 aromatic carbocycles. The van der Waals surface area contributed by atoms with Crippen molar-refractivity contribution in [1.82, 2.24) is 0 Å². The summed E-state index contributed by atoms with van der Waals surface area (Å²) in [7, 11) is 0. The molecule has 4 atom stereocenters. The van der Waals surface area contributed by atoms with E-state index in [1.807, 2.05) is 42.5 Å². The molecule has 3 aliphatic rings. The van der Waals surface area contributed by atoms with Crippen LogP contribution in [0.1, 0.15) is 29.6 Å². The first-order valence-electron chi connectivity index (χ1n) is 11.9. The van der Waals surface area contributed by atoms with Gasteiger partial charge in [-0.05, 0) is 54.4 Å². The van der Waals surface area contributed by atoms with E-state index in [0.717, 1.165) is 30.4 Å². The van der Waals surface area contributed by atoms with E-state index < -0.39 is 0 Å². The number of amides is 2. The van der Waals surface area contributed by atoms with Gasteiger partial charge in [0.25, 0.3) is 0 Å². The molecule has 0 radical (unpaired) electrons. The Morgan fingerprint density at radius 3 is 2.12 bits per heavy atom. The fraction of sp³-hybridized carbons (Fsp3) is 0.276. The Morgan fingerprint density at radius 1 is 0.794 bits per heavy atom. The summed E-state index contributed by atoms with van der Waals surface area (Å²) >= 11 is 0. The summed E-state index contributed by atoms with van der Waals surface area (Å²) in [5.41, 5.74) is 3.24. The van der Waals surface area contributed by atoms with Gasteiger partial charge in [-0.25, -0.2) is 4.90 Å². The lowest BCUT2D eigenvalue weighted by molar-refractivity contribution is -0.123. The molecule has 6 rings (SSSR count). The zero-order valence-corrected chi connectivity index (χ0v) is 18.7. The minimum Gasteiger partial charge on any atom is -0.485 e. The van der Waals surface area contributed by atoms with Crippen molar-refractivity contribution in [2.45, 2.75) is 19.3 Å². The van der Waals surface area contributed by atoms with Crippen molar-refractivity contribution in [2.75, 3.05) is 11.5 Å². The third-order valence-corrected chi connectivity index (χ3v) is 7.69. The largest absolute Gasteiger partial charge is 0.485 e. The van der Waals surface area contributed by atoms with Gasteiger partial charge >= 0.3 is 0 Å². The summed E-state index contributed by atoms with van der Waals surface area (Å²) < 4.78 is 5.76. The molecule has 2 saturated carbocycles. The number of hydrogen-bond acceptors (Lipinski definition) is 4. The molecule has 170 valence electrons. The molecular formula is C29H25NO4. The van der Waals surface area contributed by atoms with Crippen molar-refractivity contribution in [1.29, 1.82) is 0 Å². The Labute approximate surface area is 198 Å². The Kier molecular flexibility index (Phi) is 5.05. The van der Waals surface area contributed by atoms with E-state index in [0.29, 0.717) is 28.8 Å². The van der Waals surface area contributed by atoms with E-state index >= 15 is 0 Å². The summed E-state index contributed by atoms with van der Waals surface area (Å²) in [4.78, 5) is 40.2. The van der Waals surface area contributed by atoms with Crippen LogP contribution in [0.2, 0.25) is 0 Å². The van der Waals surface area contributed by atoms with E-state index in [1.54, 1.807) is 36.4 Å². The van der Waals surface area contributed by atoms with Gasteiger partial charge in [0.05, 0.1) is 17.5 Å². The zero-order chi connectivity index (χ0) is 23.2. The van der Waals surface area contributed by atoms with Crippen molar-refractivity contribution < 1.29 is 19.1 Å². The molecular weight excluding hydrogens is 426 g/mol. The number of ether oxygens (including phenoxy) is 1. The highest BCUT2D eigenvalue weighted by molar-refractivity contribution is 6.22. The number of ketones is 1. The molecule has 3 fully saturated rings. The molecule has 4 unspecified atom stereocenters. The summed E-state index contributed by atoms with van der Waals surface area (Å²) in [5, 5.41) is 0. The van der Waals surface area contributed by atoms with Crippen LogP contribution in [0.15, 0.2) is 78.9 Å². The first-order valence-corrected chi connectivity index (χ1v) is 11.9. The van der Waals surface area contributed by atoms with Crippen molar-refractivity contribution >= 4 is 23.3 Å². The molecule has 0 spiro atoms. The number of carbonyl (C=O) groups is 3. The molecule has 5 nitrogen and oxygen atoms in total. The number of benzene rings is 3. The zero-order valence-electron chi connectivity index (χ0n) is 18.7. The van der Waals surface area contributed by atoms with Crippen molar-refractivity contribution in [3.63, 3.8) is 0 Å². The quantitative estimate of drug-likeness (QED) is 0.384. The molecule has 2 aliphatic carbocycles. The third kappa shape index (κ3) is 3.43. The summed E-state index contributed by atoms with van der Waals surface area (Å²) in [6.07, 6.45) is 3.12. The maximum atomic E-state index is 13.1. The lowest BCUT2D eigenvalue weighted by atomic mass is 9.81. The summed E-state index contributed by atoms with van der Waals surface area (Å²) in [6, 6.07) is 24.4. The number of fused-ring (bicyclic) bond motifs is 5. The first-order chi connectivity index (χ1) is 16.6. The van der Waals surface area contributed by atoms with Crippen LogP contribution in [0.3, 0.4) is 0 Å². The molecule has 1 saturated heterocycles. The van der Waals surface area contributed by atoms with Gasteiger partial charge in [0.1, 0.15) is 5.75 Å².